The summed E-state index contributed by atoms with van der Waals surface area (Å²) in [4.78, 5) is 12.0. The molecule has 2 aromatic rings. The lowest BCUT2D eigenvalue weighted by Crippen LogP contribution is -2.14. The van der Waals surface area contributed by atoms with Gasteiger partial charge in [0, 0.05) is 5.38 Å². The summed E-state index contributed by atoms with van der Waals surface area (Å²) in [5, 5.41) is 17.1. The maximum absolute atomic E-state index is 12.0. The number of carbonyl (C=O) groups is 1. The molecule has 1 aromatic heterocycles. The molecule has 0 spiro atoms. The second-order valence-corrected chi connectivity index (χ2v) is 4.26. The monoisotopic (exact) mass is 286 g/mol. The van der Waals surface area contributed by atoms with Crippen LogP contribution in [0.3, 0.4) is 0 Å². The van der Waals surface area contributed by atoms with Gasteiger partial charge in [0.2, 0.25) is 0 Å². The fourth-order valence-electron chi connectivity index (χ4n) is 1.47. The Hall–Kier alpha value is -2.72. The molecule has 0 aliphatic carbocycles. The van der Waals surface area contributed by atoms with Crippen molar-refractivity contribution in [3.05, 3.63) is 40.9 Å². The molecule has 0 saturated heterocycles. The van der Waals surface area contributed by atoms with E-state index in [-0.39, 0.29) is 5.57 Å². The maximum atomic E-state index is 12.0. The highest BCUT2D eigenvalue weighted by molar-refractivity contribution is 7.03. The van der Waals surface area contributed by atoms with Crippen molar-refractivity contribution in [3.63, 3.8) is 0 Å². The maximum Gasteiger partial charge on any atom is 0.266 e. The number of para-hydroxylation sites is 2. The molecule has 0 fully saturated rings. The first-order valence-corrected chi connectivity index (χ1v) is 6.41. The van der Waals surface area contributed by atoms with Crippen molar-refractivity contribution in [3.8, 4) is 11.8 Å². The van der Waals surface area contributed by atoms with Gasteiger partial charge >= 0.3 is 0 Å². The molecular formula is C13H10N4O2S. The average molecular weight is 286 g/mol. The lowest BCUT2D eigenvalue weighted by Gasteiger charge is -2.08. The molecule has 2 rings (SSSR count). The third-order valence-electron chi connectivity index (χ3n) is 2.39. The van der Waals surface area contributed by atoms with Crippen LogP contribution in [0.25, 0.3) is 6.08 Å². The van der Waals surface area contributed by atoms with E-state index < -0.39 is 5.91 Å². The molecule has 1 amide bonds. The van der Waals surface area contributed by atoms with Crippen LogP contribution in [0.15, 0.2) is 35.2 Å². The Kier molecular flexibility index (Phi) is 4.42. The van der Waals surface area contributed by atoms with Crippen LogP contribution in [0, 0.1) is 11.3 Å². The van der Waals surface area contributed by atoms with Crippen LogP contribution < -0.4 is 10.1 Å². The van der Waals surface area contributed by atoms with Crippen LogP contribution in [-0.4, -0.2) is 22.6 Å². The van der Waals surface area contributed by atoms with Gasteiger partial charge in [0.25, 0.3) is 5.91 Å². The van der Waals surface area contributed by atoms with Gasteiger partial charge < -0.3 is 10.1 Å². The van der Waals surface area contributed by atoms with Crippen molar-refractivity contribution in [2.24, 2.45) is 0 Å². The van der Waals surface area contributed by atoms with Crippen LogP contribution in [0.5, 0.6) is 5.75 Å². The Morgan fingerprint density at radius 2 is 2.30 bits per heavy atom. The Labute approximate surface area is 119 Å². The summed E-state index contributed by atoms with van der Waals surface area (Å²) in [5.41, 5.74) is 0.919. The highest BCUT2D eigenvalue weighted by Crippen LogP contribution is 2.23. The number of anilines is 1. The first kappa shape index (κ1) is 13.7. The summed E-state index contributed by atoms with van der Waals surface area (Å²) in [6.07, 6.45) is 1.38. The van der Waals surface area contributed by atoms with Crippen molar-refractivity contribution >= 4 is 29.2 Å². The molecule has 1 aromatic carbocycles. The second kappa shape index (κ2) is 6.45. The molecule has 100 valence electrons. The number of hydrogen-bond acceptors (Lipinski definition) is 6. The predicted molar refractivity (Wildman–Crippen MR) is 75.1 cm³/mol. The zero-order chi connectivity index (χ0) is 14.4. The van der Waals surface area contributed by atoms with Crippen molar-refractivity contribution in [2.75, 3.05) is 12.4 Å². The topological polar surface area (TPSA) is 87.9 Å². The third-order valence-corrected chi connectivity index (χ3v) is 2.91. The quantitative estimate of drug-likeness (QED) is 0.686. The molecule has 0 bridgehead atoms. The van der Waals surface area contributed by atoms with Crippen LogP contribution in [0.2, 0.25) is 0 Å². The largest absolute Gasteiger partial charge is 0.495 e. The van der Waals surface area contributed by atoms with Crippen molar-refractivity contribution in [1.29, 1.82) is 5.26 Å². The van der Waals surface area contributed by atoms with E-state index in [2.05, 4.69) is 14.9 Å². The minimum atomic E-state index is -0.523. The zero-order valence-corrected chi connectivity index (χ0v) is 11.3. The summed E-state index contributed by atoms with van der Waals surface area (Å²) < 4.78 is 8.79. The van der Waals surface area contributed by atoms with E-state index >= 15 is 0 Å². The first-order chi connectivity index (χ1) is 9.74. The highest BCUT2D eigenvalue weighted by Gasteiger charge is 2.12. The number of benzene rings is 1. The van der Waals surface area contributed by atoms with Gasteiger partial charge in [-0.25, -0.2) is 0 Å². The lowest BCUT2D eigenvalue weighted by molar-refractivity contribution is -0.112. The van der Waals surface area contributed by atoms with E-state index in [9.17, 15) is 4.79 Å². The molecular weight excluding hydrogens is 276 g/mol. The predicted octanol–water partition coefficient (Wildman–Crippen LogP) is 2.09. The first-order valence-electron chi connectivity index (χ1n) is 5.58. The Morgan fingerprint density at radius 1 is 1.50 bits per heavy atom. The van der Waals surface area contributed by atoms with Gasteiger partial charge in [-0.15, -0.1) is 5.10 Å². The summed E-state index contributed by atoms with van der Waals surface area (Å²) in [6.45, 7) is 0. The molecule has 7 heteroatoms. The van der Waals surface area contributed by atoms with Gasteiger partial charge in [0.05, 0.1) is 18.5 Å². The summed E-state index contributed by atoms with van der Waals surface area (Å²) >= 11 is 1.15. The van der Waals surface area contributed by atoms with E-state index in [1.54, 1.807) is 29.6 Å². The molecule has 1 N–H and O–H groups in total. The Balaban J connectivity index is 2.21. The highest BCUT2D eigenvalue weighted by atomic mass is 32.1. The van der Waals surface area contributed by atoms with E-state index in [0.29, 0.717) is 17.1 Å². The van der Waals surface area contributed by atoms with E-state index in [4.69, 9.17) is 10.00 Å². The molecule has 1 heterocycles. The van der Waals surface area contributed by atoms with Gasteiger partial charge in [-0.3, -0.25) is 4.79 Å². The van der Waals surface area contributed by atoms with E-state index in [1.165, 1.54) is 13.2 Å². The molecule has 0 aliphatic rings. The Bertz CT molecular complexity index is 674. The van der Waals surface area contributed by atoms with Crippen molar-refractivity contribution < 1.29 is 9.53 Å². The number of aromatic nitrogens is 2. The molecule has 0 radical (unpaired) electrons. The number of amides is 1. The fraction of sp³-hybridized carbons (Fsp3) is 0.0769. The number of nitrogens with zero attached hydrogens (tertiary/aromatic N) is 3. The van der Waals surface area contributed by atoms with Gasteiger partial charge in [-0.05, 0) is 29.7 Å². The van der Waals surface area contributed by atoms with Gasteiger partial charge in [-0.1, -0.05) is 16.6 Å². The fourth-order valence-corrected chi connectivity index (χ4v) is 1.88. The van der Waals surface area contributed by atoms with E-state index in [0.717, 1.165) is 11.5 Å². The number of nitriles is 1. The van der Waals surface area contributed by atoms with E-state index in [1.807, 2.05) is 6.07 Å². The smallest absolute Gasteiger partial charge is 0.266 e. The standard InChI is InChI=1S/C13H10N4O2S/c1-19-12-5-3-2-4-11(12)15-13(18)9(7-14)6-10-8-20-17-16-10/h2-6,8H,1H3,(H,15,18)/b9-6+. The van der Waals surface area contributed by atoms with Crippen molar-refractivity contribution in [2.45, 2.75) is 0 Å². The third kappa shape index (κ3) is 3.18. The molecule has 0 atom stereocenters. The van der Waals surface area contributed by atoms with Crippen LogP contribution in [-0.2, 0) is 4.79 Å². The lowest BCUT2D eigenvalue weighted by atomic mass is 10.2. The summed E-state index contributed by atoms with van der Waals surface area (Å²) in [6, 6.07) is 8.80. The number of methoxy groups -OCH3 is 1. The zero-order valence-electron chi connectivity index (χ0n) is 10.5. The summed E-state index contributed by atoms with van der Waals surface area (Å²) in [5.74, 6) is -0.00142. The van der Waals surface area contributed by atoms with Gasteiger partial charge in [0.1, 0.15) is 17.4 Å². The SMILES string of the molecule is COc1ccccc1NC(=O)/C(C#N)=C/c1csnn1. The number of nitrogens with one attached hydrogen (secondary N) is 1. The van der Waals surface area contributed by atoms with Gasteiger partial charge in [-0.2, -0.15) is 5.26 Å². The Morgan fingerprint density at radius 3 is 2.95 bits per heavy atom. The summed E-state index contributed by atoms with van der Waals surface area (Å²) in [7, 11) is 1.51. The normalized spacial score (nSPS) is 10.7. The average Bonchev–Trinajstić information content (AvgIpc) is 2.98. The molecule has 0 unspecified atom stereocenters. The molecule has 6 nitrogen and oxygen atoms in total. The minimum Gasteiger partial charge on any atom is -0.495 e. The second-order valence-electron chi connectivity index (χ2n) is 3.65. The minimum absolute atomic E-state index is 0.0522. The molecule has 20 heavy (non-hydrogen) atoms. The number of rotatable bonds is 4. The molecule has 0 aliphatic heterocycles. The van der Waals surface area contributed by atoms with Crippen LogP contribution in [0.4, 0.5) is 5.69 Å². The van der Waals surface area contributed by atoms with Crippen LogP contribution >= 0.6 is 11.5 Å². The van der Waals surface area contributed by atoms with Crippen LogP contribution in [0.1, 0.15) is 5.69 Å². The molecule has 0 saturated carbocycles. The van der Waals surface area contributed by atoms with Gasteiger partial charge in [0.15, 0.2) is 0 Å². The number of hydrogen-bond donors (Lipinski definition) is 1. The number of carbonyl (C=O) groups excluding carboxylic acids is 1. The number of ether oxygens (including phenoxy) is 1. The van der Waals surface area contributed by atoms with Crippen molar-refractivity contribution in [1.82, 2.24) is 9.59 Å².